The third-order valence-electron chi connectivity index (χ3n) is 1.56. The molecule has 0 aliphatic rings. The first-order valence-electron chi connectivity index (χ1n) is 3.44. The van der Waals surface area contributed by atoms with Crippen molar-refractivity contribution >= 4 is 17.5 Å². The van der Waals surface area contributed by atoms with Crippen LogP contribution in [-0.2, 0) is 6.54 Å². The Morgan fingerprint density at radius 3 is 2.67 bits per heavy atom. The van der Waals surface area contributed by atoms with Crippen molar-refractivity contribution in [3.05, 3.63) is 34.3 Å². The number of benzene rings is 1. The Hall–Kier alpha value is -1.06. The zero-order chi connectivity index (χ0) is 9.14. The molecule has 0 aliphatic heterocycles. The van der Waals surface area contributed by atoms with Gasteiger partial charge in [0.15, 0.2) is 0 Å². The quantitative estimate of drug-likeness (QED) is 0.717. The lowest BCUT2D eigenvalue weighted by Gasteiger charge is -2.03. The highest BCUT2D eigenvalue weighted by molar-refractivity contribution is 6.34. The number of hydrogen-bond acceptors (Lipinski definition) is 2. The van der Waals surface area contributed by atoms with Crippen LogP contribution in [0.3, 0.4) is 0 Å². The summed E-state index contributed by atoms with van der Waals surface area (Å²) in [6.45, 7) is 0.306. The summed E-state index contributed by atoms with van der Waals surface area (Å²) < 4.78 is 0. The summed E-state index contributed by atoms with van der Waals surface area (Å²) in [4.78, 5) is 10.8. The molecule has 0 unspecified atom stereocenters. The molecule has 0 aromatic heterocycles. The van der Waals surface area contributed by atoms with E-state index in [1.807, 2.05) is 0 Å². The first-order valence-corrected chi connectivity index (χ1v) is 3.82. The average molecular weight is 185 g/mol. The van der Waals surface area contributed by atoms with Crippen molar-refractivity contribution in [1.29, 1.82) is 0 Å². The molecule has 0 saturated heterocycles. The lowest BCUT2D eigenvalue weighted by Crippen LogP contribution is -2.12. The van der Waals surface area contributed by atoms with Gasteiger partial charge in [-0.1, -0.05) is 23.7 Å². The van der Waals surface area contributed by atoms with Crippen LogP contribution in [-0.4, -0.2) is 5.91 Å². The third kappa shape index (κ3) is 1.57. The van der Waals surface area contributed by atoms with Gasteiger partial charge in [-0.2, -0.15) is 0 Å². The van der Waals surface area contributed by atoms with Gasteiger partial charge in [-0.25, -0.2) is 0 Å². The fourth-order valence-electron chi connectivity index (χ4n) is 0.928. The molecular formula is C8H9ClN2O. The van der Waals surface area contributed by atoms with Gasteiger partial charge in [-0.3, -0.25) is 4.79 Å². The highest BCUT2D eigenvalue weighted by Gasteiger charge is 2.08. The second kappa shape index (κ2) is 3.56. The number of carbonyl (C=O) groups is 1. The monoisotopic (exact) mass is 184 g/mol. The molecule has 3 nitrogen and oxygen atoms in total. The Balaban J connectivity index is 3.23. The minimum Gasteiger partial charge on any atom is -0.366 e. The number of primary amides is 1. The van der Waals surface area contributed by atoms with Gasteiger partial charge in [0.1, 0.15) is 0 Å². The average Bonchev–Trinajstić information content (AvgIpc) is 2.04. The van der Waals surface area contributed by atoms with Crippen molar-refractivity contribution in [2.45, 2.75) is 6.54 Å². The molecule has 0 heterocycles. The van der Waals surface area contributed by atoms with Crippen LogP contribution in [0.4, 0.5) is 0 Å². The number of carbonyl (C=O) groups excluding carboxylic acids is 1. The summed E-state index contributed by atoms with van der Waals surface area (Å²) >= 11 is 5.82. The van der Waals surface area contributed by atoms with Crippen LogP contribution in [0.25, 0.3) is 0 Å². The number of rotatable bonds is 2. The summed E-state index contributed by atoms with van der Waals surface area (Å²) in [6, 6.07) is 5.03. The molecule has 0 saturated carbocycles. The highest BCUT2D eigenvalue weighted by atomic mass is 35.5. The van der Waals surface area contributed by atoms with E-state index in [4.69, 9.17) is 23.1 Å². The predicted octanol–water partition coefficient (Wildman–Crippen LogP) is 0.898. The Labute approximate surface area is 75.3 Å². The van der Waals surface area contributed by atoms with Gasteiger partial charge in [0.05, 0.1) is 10.6 Å². The lowest BCUT2D eigenvalue weighted by atomic mass is 10.1. The molecule has 0 aliphatic carbocycles. The second-order valence-corrected chi connectivity index (χ2v) is 2.73. The molecule has 1 aromatic carbocycles. The van der Waals surface area contributed by atoms with Crippen LogP contribution in [0, 0.1) is 0 Å². The van der Waals surface area contributed by atoms with Gasteiger partial charge in [0.25, 0.3) is 0 Å². The van der Waals surface area contributed by atoms with E-state index in [9.17, 15) is 4.79 Å². The smallest absolute Gasteiger partial charge is 0.250 e. The van der Waals surface area contributed by atoms with Crippen molar-refractivity contribution in [3.63, 3.8) is 0 Å². The van der Waals surface area contributed by atoms with Gasteiger partial charge in [-0.15, -0.1) is 0 Å². The summed E-state index contributed by atoms with van der Waals surface area (Å²) in [5.41, 5.74) is 11.5. The van der Waals surface area contributed by atoms with E-state index in [1.165, 1.54) is 0 Å². The largest absolute Gasteiger partial charge is 0.366 e. The Morgan fingerprint density at radius 1 is 1.50 bits per heavy atom. The first kappa shape index (κ1) is 9.03. The van der Waals surface area contributed by atoms with E-state index in [2.05, 4.69) is 0 Å². The maximum Gasteiger partial charge on any atom is 0.250 e. The number of halogens is 1. The molecule has 4 N–H and O–H groups in total. The van der Waals surface area contributed by atoms with E-state index >= 15 is 0 Å². The predicted molar refractivity (Wildman–Crippen MR) is 47.9 cm³/mol. The Morgan fingerprint density at radius 2 is 2.17 bits per heavy atom. The molecule has 0 atom stereocenters. The molecule has 1 amide bonds. The molecule has 1 rings (SSSR count). The van der Waals surface area contributed by atoms with Crippen molar-refractivity contribution in [2.75, 3.05) is 0 Å². The number of amides is 1. The maximum absolute atomic E-state index is 10.8. The van der Waals surface area contributed by atoms with E-state index < -0.39 is 5.91 Å². The topological polar surface area (TPSA) is 69.1 Å². The fourth-order valence-corrected chi connectivity index (χ4v) is 1.22. The molecule has 12 heavy (non-hydrogen) atoms. The molecule has 4 heteroatoms. The molecule has 0 fully saturated rings. The molecule has 0 bridgehead atoms. The third-order valence-corrected chi connectivity index (χ3v) is 2.01. The van der Waals surface area contributed by atoms with Gasteiger partial charge in [-0.05, 0) is 11.6 Å². The van der Waals surface area contributed by atoms with Crippen molar-refractivity contribution in [2.24, 2.45) is 11.5 Å². The van der Waals surface area contributed by atoms with E-state index in [0.717, 1.165) is 5.56 Å². The van der Waals surface area contributed by atoms with Gasteiger partial charge in [0.2, 0.25) is 5.91 Å². The number of hydrogen-bond donors (Lipinski definition) is 2. The minimum atomic E-state index is -0.532. The van der Waals surface area contributed by atoms with E-state index in [0.29, 0.717) is 17.1 Å². The normalized spacial score (nSPS) is 9.83. The number of nitrogens with two attached hydrogens (primary N) is 2. The van der Waals surface area contributed by atoms with Crippen LogP contribution >= 0.6 is 11.6 Å². The van der Waals surface area contributed by atoms with Crippen LogP contribution < -0.4 is 11.5 Å². The van der Waals surface area contributed by atoms with Crippen molar-refractivity contribution < 1.29 is 4.79 Å². The fraction of sp³-hybridized carbons (Fsp3) is 0.125. The Kier molecular flexibility index (Phi) is 2.68. The zero-order valence-electron chi connectivity index (χ0n) is 6.38. The molecular weight excluding hydrogens is 176 g/mol. The summed E-state index contributed by atoms with van der Waals surface area (Å²) in [6.07, 6.45) is 0. The molecule has 0 spiro atoms. The van der Waals surface area contributed by atoms with Crippen LogP contribution in [0.1, 0.15) is 15.9 Å². The van der Waals surface area contributed by atoms with Crippen LogP contribution in [0.15, 0.2) is 18.2 Å². The van der Waals surface area contributed by atoms with Gasteiger partial charge >= 0.3 is 0 Å². The van der Waals surface area contributed by atoms with Crippen LogP contribution in [0.5, 0.6) is 0 Å². The van der Waals surface area contributed by atoms with Crippen LogP contribution in [0.2, 0.25) is 5.02 Å². The summed E-state index contributed by atoms with van der Waals surface area (Å²) in [7, 11) is 0. The highest BCUT2D eigenvalue weighted by Crippen LogP contribution is 2.19. The summed E-state index contributed by atoms with van der Waals surface area (Å²) in [5, 5.41) is 0.354. The van der Waals surface area contributed by atoms with E-state index in [1.54, 1.807) is 18.2 Å². The second-order valence-electron chi connectivity index (χ2n) is 2.35. The van der Waals surface area contributed by atoms with Gasteiger partial charge in [0, 0.05) is 6.54 Å². The molecule has 64 valence electrons. The van der Waals surface area contributed by atoms with Crippen molar-refractivity contribution in [3.8, 4) is 0 Å². The Bertz CT molecular complexity index is 312. The SMILES string of the molecule is NCc1cccc(C(N)=O)c1Cl. The zero-order valence-corrected chi connectivity index (χ0v) is 7.14. The standard InChI is InChI=1S/C8H9ClN2O/c9-7-5(4-10)2-1-3-6(7)8(11)12/h1-3H,4,10H2,(H2,11,12). The van der Waals surface area contributed by atoms with Gasteiger partial charge < -0.3 is 11.5 Å². The molecule has 0 radical (unpaired) electrons. The first-order chi connectivity index (χ1) is 5.66. The minimum absolute atomic E-state index is 0.306. The summed E-state index contributed by atoms with van der Waals surface area (Å²) in [5.74, 6) is -0.532. The van der Waals surface area contributed by atoms with Crippen molar-refractivity contribution in [1.82, 2.24) is 0 Å². The molecule has 1 aromatic rings. The lowest BCUT2D eigenvalue weighted by molar-refractivity contribution is 0.100. The maximum atomic E-state index is 10.8. The van der Waals surface area contributed by atoms with E-state index in [-0.39, 0.29) is 0 Å².